The van der Waals surface area contributed by atoms with E-state index in [1.54, 1.807) is 25.1 Å². The topological polar surface area (TPSA) is 140 Å². The highest BCUT2D eigenvalue weighted by Gasteiger charge is 2.16. The number of ether oxygens (including phenoxy) is 2. The molecule has 0 spiro atoms. The molecule has 0 radical (unpaired) electrons. The van der Waals surface area contributed by atoms with Gasteiger partial charge in [0, 0.05) is 11.6 Å². The molecule has 0 fully saturated rings. The van der Waals surface area contributed by atoms with Gasteiger partial charge in [-0.2, -0.15) is 5.10 Å². The lowest BCUT2D eigenvalue weighted by molar-refractivity contribution is -0.385. The third kappa shape index (κ3) is 6.55. The van der Waals surface area contributed by atoms with Crippen molar-refractivity contribution in [3.63, 3.8) is 0 Å². The van der Waals surface area contributed by atoms with E-state index in [0.717, 1.165) is 0 Å². The number of rotatable bonds is 10. The average molecular weight is 480 g/mol. The fourth-order valence-electron chi connectivity index (χ4n) is 2.43. The van der Waals surface area contributed by atoms with Crippen molar-refractivity contribution in [1.29, 1.82) is 0 Å². The Bertz CT molecular complexity index is 979. The van der Waals surface area contributed by atoms with Crippen LogP contribution in [0.4, 0.5) is 5.69 Å². The number of nitro benzene ring substituents is 1. The molecule has 0 bridgehead atoms. The Labute approximate surface area is 179 Å². The number of hydrogen-bond acceptors (Lipinski definition) is 7. The SMILES string of the molecule is CCOc1cc(/C=N/NC(=O)Cc2ccccc2[N+](=O)[O-])cc(Br)c1OCC(=O)O. The highest BCUT2D eigenvalue weighted by Crippen LogP contribution is 2.36. The minimum atomic E-state index is -1.13. The normalized spacial score (nSPS) is 10.6. The number of halogens is 1. The van der Waals surface area contributed by atoms with Crippen molar-refractivity contribution in [1.82, 2.24) is 5.43 Å². The summed E-state index contributed by atoms with van der Waals surface area (Å²) in [6.45, 7) is 1.55. The molecule has 0 aliphatic rings. The third-order valence-electron chi connectivity index (χ3n) is 3.61. The minimum absolute atomic E-state index is 0.140. The number of amides is 1. The molecule has 0 aliphatic heterocycles. The van der Waals surface area contributed by atoms with E-state index >= 15 is 0 Å². The Morgan fingerprint density at radius 3 is 2.70 bits per heavy atom. The fraction of sp³-hybridized carbons (Fsp3) is 0.211. The Balaban J connectivity index is 2.09. The average Bonchev–Trinajstić information content (AvgIpc) is 2.67. The van der Waals surface area contributed by atoms with E-state index in [1.807, 2.05) is 0 Å². The molecule has 0 aliphatic carbocycles. The standard InChI is InChI=1S/C19H18BrN3O7/c1-2-29-16-8-12(7-14(20)19(16)30-11-18(25)26)10-21-22-17(24)9-13-5-3-4-6-15(13)23(27)28/h3-8,10H,2,9,11H2,1H3,(H,22,24)(H,25,26)/b21-10+. The molecule has 2 rings (SSSR count). The van der Waals surface area contributed by atoms with Crippen molar-refractivity contribution < 1.29 is 29.1 Å². The smallest absolute Gasteiger partial charge is 0.341 e. The highest BCUT2D eigenvalue weighted by atomic mass is 79.9. The van der Waals surface area contributed by atoms with Crippen LogP contribution in [0.15, 0.2) is 46.0 Å². The summed E-state index contributed by atoms with van der Waals surface area (Å²) in [6, 6.07) is 9.14. The van der Waals surface area contributed by atoms with Gasteiger partial charge in [-0.15, -0.1) is 0 Å². The van der Waals surface area contributed by atoms with Crippen LogP contribution >= 0.6 is 15.9 Å². The quantitative estimate of drug-likeness (QED) is 0.303. The summed E-state index contributed by atoms with van der Waals surface area (Å²) >= 11 is 3.29. The van der Waals surface area contributed by atoms with Gasteiger partial charge in [-0.05, 0) is 40.5 Å². The third-order valence-corrected chi connectivity index (χ3v) is 4.20. The second-order valence-electron chi connectivity index (χ2n) is 5.80. The molecular weight excluding hydrogens is 462 g/mol. The van der Waals surface area contributed by atoms with Crippen molar-refractivity contribution >= 4 is 39.7 Å². The molecule has 2 aromatic rings. The molecule has 0 heterocycles. The molecule has 0 aromatic heterocycles. The van der Waals surface area contributed by atoms with E-state index in [4.69, 9.17) is 14.6 Å². The number of hydrogen-bond donors (Lipinski definition) is 2. The second-order valence-corrected chi connectivity index (χ2v) is 6.66. The van der Waals surface area contributed by atoms with Crippen LogP contribution in [-0.4, -0.2) is 41.3 Å². The zero-order valence-electron chi connectivity index (χ0n) is 15.8. The molecule has 0 saturated carbocycles. The summed E-state index contributed by atoms with van der Waals surface area (Å²) < 4.78 is 11.2. The van der Waals surface area contributed by atoms with Crippen LogP contribution in [0.5, 0.6) is 11.5 Å². The van der Waals surface area contributed by atoms with E-state index in [2.05, 4.69) is 26.5 Å². The minimum Gasteiger partial charge on any atom is -0.490 e. The molecule has 10 nitrogen and oxygen atoms in total. The lowest BCUT2D eigenvalue weighted by Crippen LogP contribution is -2.20. The maximum atomic E-state index is 12.1. The van der Waals surface area contributed by atoms with Gasteiger partial charge in [0.2, 0.25) is 5.91 Å². The summed E-state index contributed by atoms with van der Waals surface area (Å²) in [7, 11) is 0. The monoisotopic (exact) mass is 479 g/mol. The molecule has 11 heteroatoms. The van der Waals surface area contributed by atoms with E-state index < -0.39 is 23.4 Å². The summed E-state index contributed by atoms with van der Waals surface area (Å²) in [5.74, 6) is -1.11. The van der Waals surface area contributed by atoms with Gasteiger partial charge in [0.05, 0.1) is 28.6 Å². The predicted octanol–water partition coefficient (Wildman–Crippen LogP) is 2.91. The number of nitrogens with zero attached hydrogens (tertiary/aromatic N) is 2. The largest absolute Gasteiger partial charge is 0.490 e. The number of para-hydroxylation sites is 1. The number of hydrazone groups is 1. The van der Waals surface area contributed by atoms with Crippen molar-refractivity contribution in [3.8, 4) is 11.5 Å². The van der Waals surface area contributed by atoms with Crippen LogP contribution < -0.4 is 14.9 Å². The van der Waals surface area contributed by atoms with Gasteiger partial charge in [0.25, 0.3) is 5.69 Å². The number of carboxylic acid groups (broad SMARTS) is 1. The van der Waals surface area contributed by atoms with E-state index in [0.29, 0.717) is 22.4 Å². The lowest BCUT2D eigenvalue weighted by atomic mass is 10.1. The Kier molecular flexibility index (Phi) is 8.29. The number of nitro groups is 1. The van der Waals surface area contributed by atoms with Crippen LogP contribution in [0, 0.1) is 10.1 Å². The number of benzene rings is 2. The Hall–Kier alpha value is -3.47. The zero-order valence-corrected chi connectivity index (χ0v) is 17.4. The summed E-state index contributed by atoms with van der Waals surface area (Å²) in [4.78, 5) is 33.3. The summed E-state index contributed by atoms with van der Waals surface area (Å²) in [5.41, 5.74) is 2.99. The molecule has 1 amide bonds. The lowest BCUT2D eigenvalue weighted by Gasteiger charge is -2.13. The van der Waals surface area contributed by atoms with E-state index in [9.17, 15) is 19.7 Å². The van der Waals surface area contributed by atoms with Crippen LogP contribution in [-0.2, 0) is 16.0 Å². The second kappa shape index (κ2) is 10.9. The van der Waals surface area contributed by atoms with Crippen LogP contribution in [0.3, 0.4) is 0 Å². The zero-order chi connectivity index (χ0) is 22.1. The fourth-order valence-corrected chi connectivity index (χ4v) is 3.00. The van der Waals surface area contributed by atoms with Crippen molar-refractivity contribution in [3.05, 3.63) is 62.1 Å². The molecule has 158 valence electrons. The van der Waals surface area contributed by atoms with Crippen molar-refractivity contribution in [2.75, 3.05) is 13.2 Å². The molecule has 2 aromatic carbocycles. The van der Waals surface area contributed by atoms with Crippen LogP contribution in [0.25, 0.3) is 0 Å². The molecule has 2 N–H and O–H groups in total. The van der Waals surface area contributed by atoms with Gasteiger partial charge < -0.3 is 14.6 Å². The highest BCUT2D eigenvalue weighted by molar-refractivity contribution is 9.10. The first kappa shape index (κ1) is 22.8. The van der Waals surface area contributed by atoms with Gasteiger partial charge in [0.15, 0.2) is 18.1 Å². The number of carbonyl (C=O) groups is 2. The Morgan fingerprint density at radius 1 is 1.30 bits per heavy atom. The van der Waals surface area contributed by atoms with Gasteiger partial charge in [-0.1, -0.05) is 18.2 Å². The number of aliphatic carboxylic acids is 1. The van der Waals surface area contributed by atoms with E-state index in [1.165, 1.54) is 24.4 Å². The maximum absolute atomic E-state index is 12.1. The summed E-state index contributed by atoms with van der Waals surface area (Å²) in [6.07, 6.45) is 1.15. The van der Waals surface area contributed by atoms with E-state index in [-0.39, 0.29) is 23.4 Å². The van der Waals surface area contributed by atoms with Crippen LogP contribution in [0.1, 0.15) is 18.1 Å². The maximum Gasteiger partial charge on any atom is 0.341 e. The van der Waals surface area contributed by atoms with Gasteiger partial charge >= 0.3 is 5.97 Å². The molecule has 0 atom stereocenters. The van der Waals surface area contributed by atoms with Crippen molar-refractivity contribution in [2.24, 2.45) is 5.10 Å². The van der Waals surface area contributed by atoms with Crippen LogP contribution in [0.2, 0.25) is 0 Å². The first-order valence-electron chi connectivity index (χ1n) is 8.67. The molecule has 0 saturated heterocycles. The van der Waals surface area contributed by atoms with Crippen molar-refractivity contribution in [2.45, 2.75) is 13.3 Å². The number of carbonyl (C=O) groups excluding carboxylic acids is 1. The number of nitrogens with one attached hydrogen (secondary N) is 1. The van der Waals surface area contributed by atoms with Gasteiger partial charge in [-0.25, -0.2) is 10.2 Å². The van der Waals surface area contributed by atoms with Gasteiger partial charge in [-0.3, -0.25) is 14.9 Å². The first-order chi connectivity index (χ1) is 14.3. The first-order valence-corrected chi connectivity index (χ1v) is 9.46. The van der Waals surface area contributed by atoms with Gasteiger partial charge in [0.1, 0.15) is 0 Å². The molecule has 0 unspecified atom stereocenters. The molecular formula is C19H18BrN3O7. The molecule has 30 heavy (non-hydrogen) atoms. The Morgan fingerprint density at radius 2 is 2.03 bits per heavy atom. The number of carboxylic acids is 1. The summed E-state index contributed by atoms with van der Waals surface area (Å²) in [5, 5.41) is 23.7. The predicted molar refractivity (Wildman–Crippen MR) is 111 cm³/mol.